The van der Waals surface area contributed by atoms with Crippen LogP contribution < -0.4 is 14.8 Å². The van der Waals surface area contributed by atoms with Gasteiger partial charge in [0, 0.05) is 23.8 Å². The summed E-state index contributed by atoms with van der Waals surface area (Å²) < 4.78 is 11.4. The van der Waals surface area contributed by atoms with E-state index in [1.54, 1.807) is 24.3 Å². The number of rotatable bonds is 9. The van der Waals surface area contributed by atoms with Gasteiger partial charge in [0.2, 0.25) is 11.8 Å². The Morgan fingerprint density at radius 3 is 2.32 bits per heavy atom. The van der Waals surface area contributed by atoms with E-state index in [0.29, 0.717) is 42.8 Å². The number of thioether (sulfide) groups is 1. The Bertz CT molecular complexity index is 921. The first-order valence-corrected chi connectivity index (χ1v) is 11.9. The predicted molar refractivity (Wildman–Crippen MR) is 125 cm³/mol. The number of benzene rings is 2. The summed E-state index contributed by atoms with van der Waals surface area (Å²) in [7, 11) is 0. The fraction of sp³-hybridized carbons (Fsp3) is 0.391. The van der Waals surface area contributed by atoms with Crippen LogP contribution in [0.5, 0.6) is 11.5 Å². The highest BCUT2D eigenvalue weighted by Gasteiger charge is 2.23. The number of amides is 2. The molecule has 1 aliphatic heterocycles. The van der Waals surface area contributed by atoms with Gasteiger partial charge in [0.15, 0.2) is 11.5 Å². The van der Waals surface area contributed by atoms with Crippen LogP contribution in [0, 0.1) is 0 Å². The summed E-state index contributed by atoms with van der Waals surface area (Å²) in [5, 5.41) is 3.41. The van der Waals surface area contributed by atoms with Gasteiger partial charge in [-0.25, -0.2) is 0 Å². The topological polar surface area (TPSA) is 67.9 Å². The average molecular weight is 463 g/mol. The summed E-state index contributed by atoms with van der Waals surface area (Å²) in [6.45, 7) is 6.21. The monoisotopic (exact) mass is 462 g/mol. The van der Waals surface area contributed by atoms with Crippen molar-refractivity contribution in [3.05, 3.63) is 52.5 Å². The summed E-state index contributed by atoms with van der Waals surface area (Å²) in [5.41, 5.74) is 2.95. The molecule has 31 heavy (non-hydrogen) atoms. The summed E-state index contributed by atoms with van der Waals surface area (Å²) >= 11 is 7.16. The first-order valence-electron chi connectivity index (χ1n) is 10.3. The zero-order valence-corrected chi connectivity index (χ0v) is 19.4. The Morgan fingerprint density at radius 2 is 1.68 bits per heavy atom. The van der Waals surface area contributed by atoms with E-state index in [-0.39, 0.29) is 23.3 Å². The van der Waals surface area contributed by atoms with E-state index >= 15 is 0 Å². The molecule has 0 bridgehead atoms. The Kier molecular flexibility index (Phi) is 8.49. The van der Waals surface area contributed by atoms with E-state index in [1.165, 1.54) is 17.3 Å². The standard InChI is InChI=1S/C23H27ClN2O4S/c1-3-29-20-11-16-9-10-26(13-17(16)12-21(20)30-4-2)23(28)15-31-14-22(27)25-19-7-5-18(24)6-8-19/h5-8,11-12H,3-4,9-10,13-15H2,1-2H3,(H,25,27). The molecule has 0 radical (unpaired) electrons. The molecule has 0 unspecified atom stereocenters. The second kappa shape index (κ2) is 11.3. The molecule has 6 nitrogen and oxygen atoms in total. The molecule has 2 amide bonds. The molecule has 8 heteroatoms. The molecule has 166 valence electrons. The number of ether oxygens (including phenoxy) is 2. The molecular weight excluding hydrogens is 436 g/mol. The van der Waals surface area contributed by atoms with Crippen LogP contribution in [0.1, 0.15) is 25.0 Å². The number of hydrogen-bond donors (Lipinski definition) is 1. The predicted octanol–water partition coefficient (Wildman–Crippen LogP) is 4.39. The third-order valence-electron chi connectivity index (χ3n) is 4.82. The molecule has 3 rings (SSSR count). The van der Waals surface area contributed by atoms with Gasteiger partial charge in [-0.15, -0.1) is 11.8 Å². The molecule has 1 heterocycles. The third-order valence-corrected chi connectivity index (χ3v) is 5.99. The largest absolute Gasteiger partial charge is 0.490 e. The fourth-order valence-corrected chi connectivity index (χ4v) is 4.21. The quantitative estimate of drug-likeness (QED) is 0.598. The number of halogens is 1. The molecule has 0 aromatic heterocycles. The van der Waals surface area contributed by atoms with Crippen molar-refractivity contribution >= 4 is 40.9 Å². The van der Waals surface area contributed by atoms with Gasteiger partial charge < -0.3 is 19.7 Å². The summed E-state index contributed by atoms with van der Waals surface area (Å²) in [4.78, 5) is 26.6. The van der Waals surface area contributed by atoms with Crippen molar-refractivity contribution in [2.45, 2.75) is 26.8 Å². The molecule has 0 saturated heterocycles. The van der Waals surface area contributed by atoms with Crippen molar-refractivity contribution in [2.75, 3.05) is 36.6 Å². The Balaban J connectivity index is 1.51. The van der Waals surface area contributed by atoms with Gasteiger partial charge in [0.25, 0.3) is 0 Å². The van der Waals surface area contributed by atoms with E-state index in [9.17, 15) is 9.59 Å². The molecule has 0 fully saturated rings. The second-order valence-electron chi connectivity index (χ2n) is 7.05. The number of hydrogen-bond acceptors (Lipinski definition) is 5. The molecule has 2 aromatic carbocycles. The maximum atomic E-state index is 12.7. The zero-order chi connectivity index (χ0) is 22.2. The van der Waals surface area contributed by atoms with Gasteiger partial charge in [0.1, 0.15) is 0 Å². The van der Waals surface area contributed by atoms with Crippen molar-refractivity contribution < 1.29 is 19.1 Å². The number of anilines is 1. The van der Waals surface area contributed by atoms with E-state index in [0.717, 1.165) is 17.7 Å². The molecule has 0 spiro atoms. The number of carbonyl (C=O) groups is 2. The molecule has 0 saturated carbocycles. The van der Waals surface area contributed by atoms with Crippen LogP contribution in [0.15, 0.2) is 36.4 Å². The van der Waals surface area contributed by atoms with E-state index < -0.39 is 0 Å². The van der Waals surface area contributed by atoms with Gasteiger partial charge in [-0.2, -0.15) is 0 Å². The van der Waals surface area contributed by atoms with Gasteiger partial charge in [-0.3, -0.25) is 9.59 Å². The van der Waals surface area contributed by atoms with E-state index in [4.69, 9.17) is 21.1 Å². The van der Waals surface area contributed by atoms with Crippen LogP contribution in [0.4, 0.5) is 5.69 Å². The van der Waals surface area contributed by atoms with Crippen molar-refractivity contribution in [2.24, 2.45) is 0 Å². The number of carbonyl (C=O) groups excluding carboxylic acids is 2. The Morgan fingerprint density at radius 1 is 1.03 bits per heavy atom. The van der Waals surface area contributed by atoms with Crippen LogP contribution >= 0.6 is 23.4 Å². The summed E-state index contributed by atoms with van der Waals surface area (Å²) in [6, 6.07) is 10.9. The van der Waals surface area contributed by atoms with Crippen LogP contribution in [0.2, 0.25) is 5.02 Å². The summed E-state index contributed by atoms with van der Waals surface area (Å²) in [5.74, 6) is 1.83. The van der Waals surface area contributed by atoms with Gasteiger partial charge in [0.05, 0.1) is 24.7 Å². The van der Waals surface area contributed by atoms with Crippen molar-refractivity contribution in [1.29, 1.82) is 0 Å². The number of nitrogens with one attached hydrogen (secondary N) is 1. The maximum absolute atomic E-state index is 12.7. The van der Waals surface area contributed by atoms with Crippen molar-refractivity contribution in [1.82, 2.24) is 4.90 Å². The molecule has 2 aromatic rings. The van der Waals surface area contributed by atoms with Crippen molar-refractivity contribution in [3.8, 4) is 11.5 Å². The highest BCUT2D eigenvalue weighted by atomic mass is 35.5. The number of fused-ring (bicyclic) bond motifs is 1. The lowest BCUT2D eigenvalue weighted by Crippen LogP contribution is -2.37. The zero-order valence-electron chi connectivity index (χ0n) is 17.8. The van der Waals surface area contributed by atoms with Gasteiger partial charge in [-0.1, -0.05) is 11.6 Å². The van der Waals surface area contributed by atoms with E-state index in [2.05, 4.69) is 5.32 Å². The molecule has 1 N–H and O–H groups in total. The first kappa shape index (κ1) is 23.3. The lowest BCUT2D eigenvalue weighted by molar-refractivity contribution is -0.129. The Labute approximate surface area is 192 Å². The lowest BCUT2D eigenvalue weighted by atomic mass is 9.99. The van der Waals surface area contributed by atoms with Crippen LogP contribution in [0.3, 0.4) is 0 Å². The third kappa shape index (κ3) is 6.55. The van der Waals surface area contributed by atoms with Crippen LogP contribution in [-0.2, 0) is 22.6 Å². The molecule has 0 aliphatic carbocycles. The molecular formula is C23H27ClN2O4S. The average Bonchev–Trinajstić information content (AvgIpc) is 2.75. The minimum absolute atomic E-state index is 0.0294. The Hall–Kier alpha value is -2.38. The SMILES string of the molecule is CCOc1cc2c(cc1OCC)CN(C(=O)CSCC(=O)Nc1ccc(Cl)cc1)CC2. The normalized spacial score (nSPS) is 12.8. The molecule has 0 atom stereocenters. The molecule has 1 aliphatic rings. The lowest BCUT2D eigenvalue weighted by Gasteiger charge is -2.29. The highest BCUT2D eigenvalue weighted by Crippen LogP contribution is 2.34. The fourth-order valence-electron chi connectivity index (χ4n) is 3.37. The van der Waals surface area contributed by atoms with Crippen LogP contribution in [0.25, 0.3) is 0 Å². The van der Waals surface area contributed by atoms with Crippen molar-refractivity contribution in [3.63, 3.8) is 0 Å². The minimum atomic E-state index is -0.145. The van der Waals surface area contributed by atoms with Gasteiger partial charge in [-0.05, 0) is 67.8 Å². The minimum Gasteiger partial charge on any atom is -0.490 e. The smallest absolute Gasteiger partial charge is 0.234 e. The second-order valence-corrected chi connectivity index (χ2v) is 8.47. The van der Waals surface area contributed by atoms with Crippen LogP contribution in [-0.4, -0.2) is 48.0 Å². The van der Waals surface area contributed by atoms with Gasteiger partial charge >= 0.3 is 0 Å². The first-order chi connectivity index (χ1) is 15.0. The summed E-state index contributed by atoms with van der Waals surface area (Å²) in [6.07, 6.45) is 0.773. The van der Waals surface area contributed by atoms with E-state index in [1.807, 2.05) is 30.9 Å². The number of nitrogens with zero attached hydrogens (tertiary/aromatic N) is 1. The highest BCUT2D eigenvalue weighted by molar-refractivity contribution is 8.00. The maximum Gasteiger partial charge on any atom is 0.234 e.